The molecule has 0 saturated carbocycles. The molecule has 0 spiro atoms. The highest BCUT2D eigenvalue weighted by atomic mass is 32.2. The van der Waals surface area contributed by atoms with Gasteiger partial charge in [-0.05, 0) is 60.1 Å². The molecular formula is C40H48N2O6S2. The zero-order valence-corrected chi connectivity index (χ0v) is 30.7. The van der Waals surface area contributed by atoms with Crippen LogP contribution in [-0.2, 0) is 29.5 Å². The molecule has 8 nitrogen and oxygen atoms in total. The molecular weight excluding hydrogens is 669 g/mol. The number of nitrogens with one attached hydrogen (secondary N) is 2. The molecule has 2 aliphatic rings. The van der Waals surface area contributed by atoms with Gasteiger partial charge in [-0.3, -0.25) is 0 Å². The summed E-state index contributed by atoms with van der Waals surface area (Å²) in [5.74, 6) is 5.12. The summed E-state index contributed by atoms with van der Waals surface area (Å²) >= 11 is 0. The lowest BCUT2D eigenvalue weighted by Gasteiger charge is -2.31. The number of allylic oxidation sites excluding steroid dienone is 4. The molecule has 0 fully saturated rings. The van der Waals surface area contributed by atoms with E-state index in [-0.39, 0.29) is 32.6 Å². The van der Waals surface area contributed by atoms with E-state index in [1.54, 1.807) is 24.3 Å². The summed E-state index contributed by atoms with van der Waals surface area (Å²) in [6.45, 7) is 10.2. The predicted octanol–water partition coefficient (Wildman–Crippen LogP) is 6.60. The van der Waals surface area contributed by atoms with Crippen LogP contribution in [-0.4, -0.2) is 53.0 Å². The third-order valence-corrected chi connectivity index (χ3v) is 11.9. The van der Waals surface area contributed by atoms with Crippen LogP contribution >= 0.6 is 0 Å². The number of benzene rings is 2. The Labute approximate surface area is 299 Å². The maximum absolute atomic E-state index is 12.9. The lowest BCUT2D eigenvalue weighted by Crippen LogP contribution is -2.48. The van der Waals surface area contributed by atoms with Crippen LogP contribution < -0.4 is 9.44 Å². The van der Waals surface area contributed by atoms with Crippen LogP contribution in [0.4, 0.5) is 0 Å². The van der Waals surface area contributed by atoms with Gasteiger partial charge in [0.1, 0.15) is 13.2 Å². The molecule has 2 aromatic rings. The number of terminal acetylenes is 2. The molecule has 0 aliphatic heterocycles. The third-order valence-electron chi connectivity index (χ3n) is 8.03. The fourth-order valence-electron chi connectivity index (χ4n) is 5.12. The van der Waals surface area contributed by atoms with Gasteiger partial charge in [0.2, 0.25) is 29.9 Å². The quantitative estimate of drug-likeness (QED) is 0.150. The van der Waals surface area contributed by atoms with Crippen LogP contribution in [0.25, 0.3) is 11.1 Å². The maximum Gasteiger partial charge on any atom is 0.245 e. The summed E-state index contributed by atoms with van der Waals surface area (Å²) in [4.78, 5) is -2.96. The minimum Gasteiger partial charge on any atom is -0.341 e. The number of sulfonamides is 2. The van der Waals surface area contributed by atoms with Crippen LogP contribution in [0.5, 0.6) is 0 Å². The van der Waals surface area contributed by atoms with E-state index in [1.807, 2.05) is 93.6 Å². The Morgan fingerprint density at radius 1 is 0.780 bits per heavy atom. The first-order chi connectivity index (χ1) is 23.8. The molecule has 0 bridgehead atoms. The Hall–Kier alpha value is -4.00. The summed E-state index contributed by atoms with van der Waals surface area (Å²) in [5.41, 5.74) is 4.90. The van der Waals surface area contributed by atoms with Gasteiger partial charge in [0, 0.05) is 25.9 Å². The zero-order chi connectivity index (χ0) is 36.7. The number of hydrogen-bond acceptors (Lipinski definition) is 6. The molecule has 4 rings (SSSR count). The summed E-state index contributed by atoms with van der Waals surface area (Å²) < 4.78 is 67.8. The minimum absolute atomic E-state index is 0.0655. The van der Waals surface area contributed by atoms with Crippen molar-refractivity contribution >= 4 is 31.2 Å². The van der Waals surface area contributed by atoms with Gasteiger partial charge >= 0.3 is 0 Å². The fraction of sp³-hybridized carbons (Fsp3) is 0.350. The highest BCUT2D eigenvalue weighted by molar-refractivity contribution is 7.91. The van der Waals surface area contributed by atoms with E-state index in [4.69, 9.17) is 22.3 Å². The molecule has 2 aromatic carbocycles. The van der Waals surface area contributed by atoms with Crippen molar-refractivity contribution in [1.82, 2.24) is 9.44 Å². The van der Waals surface area contributed by atoms with Crippen molar-refractivity contribution in [3.63, 3.8) is 0 Å². The van der Waals surface area contributed by atoms with Crippen LogP contribution in [0.2, 0.25) is 0 Å². The monoisotopic (exact) mass is 716 g/mol. The fourth-order valence-corrected chi connectivity index (χ4v) is 7.89. The first kappa shape index (κ1) is 40.4. The molecule has 10 heteroatoms. The van der Waals surface area contributed by atoms with E-state index in [1.165, 1.54) is 0 Å². The van der Waals surface area contributed by atoms with Crippen molar-refractivity contribution in [2.45, 2.75) is 56.3 Å². The highest BCUT2D eigenvalue weighted by Crippen LogP contribution is 2.34. The van der Waals surface area contributed by atoms with E-state index in [2.05, 4.69) is 27.9 Å². The average Bonchev–Trinajstić information content (AvgIpc) is 3.10. The van der Waals surface area contributed by atoms with Crippen LogP contribution in [0.15, 0.2) is 109 Å². The van der Waals surface area contributed by atoms with Crippen LogP contribution in [0, 0.1) is 30.6 Å². The molecule has 0 saturated heterocycles. The molecule has 2 unspecified atom stereocenters. The molecule has 0 radical (unpaired) electrons. The first-order valence-corrected chi connectivity index (χ1v) is 19.4. The summed E-state index contributed by atoms with van der Waals surface area (Å²) in [6, 6.07) is 19.6. The van der Waals surface area contributed by atoms with Gasteiger partial charge in [-0.1, -0.05) is 116 Å². The Morgan fingerprint density at radius 3 is 1.54 bits per heavy atom. The van der Waals surface area contributed by atoms with Crippen molar-refractivity contribution in [2.75, 3.05) is 26.3 Å². The Morgan fingerprint density at radius 2 is 1.20 bits per heavy atom. The Balaban J connectivity index is 0.000000270. The normalized spacial score (nSPS) is 20.1. The van der Waals surface area contributed by atoms with Gasteiger partial charge < -0.3 is 9.47 Å². The van der Waals surface area contributed by atoms with E-state index in [9.17, 15) is 16.8 Å². The first-order valence-electron chi connectivity index (χ1n) is 16.5. The molecule has 0 aromatic heterocycles. The third kappa shape index (κ3) is 11.0. The van der Waals surface area contributed by atoms with E-state index >= 15 is 0 Å². The summed E-state index contributed by atoms with van der Waals surface area (Å²) in [7, 11) is -7.48. The van der Waals surface area contributed by atoms with Gasteiger partial charge in [0.15, 0.2) is 0 Å². The Bertz CT molecular complexity index is 1870. The van der Waals surface area contributed by atoms with Gasteiger partial charge in [0.25, 0.3) is 0 Å². The maximum atomic E-state index is 12.9. The average molecular weight is 717 g/mol. The summed E-state index contributed by atoms with van der Waals surface area (Å²) in [5, 5.41) is 0. The number of hydrogen-bond donors (Lipinski definition) is 2. The molecule has 50 heavy (non-hydrogen) atoms. The summed E-state index contributed by atoms with van der Waals surface area (Å²) in [6.07, 6.45) is 22.8. The van der Waals surface area contributed by atoms with Crippen molar-refractivity contribution < 1.29 is 26.3 Å². The number of rotatable bonds is 16. The SMILES string of the molecule is C#CCOC1(S(=O)(=O)NCCC(=C)C)C=CC(c2ccccc2)=CC1.C#CCOC1(S(=O)(=O)NCCC(C)C)C=CC(c2ccccc2)=CC1. The predicted molar refractivity (Wildman–Crippen MR) is 204 cm³/mol. The Kier molecular flexibility index (Phi) is 15.2. The second-order valence-corrected chi connectivity index (χ2v) is 16.4. The minimum atomic E-state index is -3.76. The van der Waals surface area contributed by atoms with Gasteiger partial charge in [-0.25, -0.2) is 26.3 Å². The highest BCUT2D eigenvalue weighted by Gasteiger charge is 2.44. The van der Waals surface area contributed by atoms with Gasteiger partial charge in [-0.2, -0.15) is 0 Å². The standard InChI is InChI=1S/C20H25NO3S.C20H23NO3S/c2*1-4-16-24-20(25(22,23)21-15-12-17(2)3)13-10-19(11-14-20)18-8-6-5-7-9-18/h1,5-11,13,17,21H,12,14-16H2,2-3H3;1,5-11,13,21H,2,12,14-16H2,3H3. The lowest BCUT2D eigenvalue weighted by molar-refractivity contribution is 0.0770. The molecule has 2 aliphatic carbocycles. The zero-order valence-electron chi connectivity index (χ0n) is 29.1. The topological polar surface area (TPSA) is 111 Å². The largest absolute Gasteiger partial charge is 0.341 e. The second-order valence-electron chi connectivity index (χ2n) is 12.4. The smallest absolute Gasteiger partial charge is 0.245 e. The van der Waals surface area contributed by atoms with E-state index in [0.717, 1.165) is 34.3 Å². The van der Waals surface area contributed by atoms with E-state index < -0.39 is 29.9 Å². The van der Waals surface area contributed by atoms with Crippen molar-refractivity contribution in [3.05, 3.63) is 120 Å². The van der Waals surface area contributed by atoms with Crippen LogP contribution in [0.3, 0.4) is 0 Å². The molecule has 2 atom stereocenters. The molecule has 266 valence electrons. The number of ether oxygens (including phenoxy) is 2. The van der Waals surface area contributed by atoms with Gasteiger partial charge in [0.05, 0.1) is 0 Å². The lowest BCUT2D eigenvalue weighted by atomic mass is 9.98. The van der Waals surface area contributed by atoms with E-state index in [0.29, 0.717) is 18.9 Å². The van der Waals surface area contributed by atoms with Crippen molar-refractivity contribution in [2.24, 2.45) is 5.92 Å². The second kappa shape index (κ2) is 18.8. The van der Waals surface area contributed by atoms with Crippen LogP contribution in [0.1, 0.15) is 57.6 Å². The van der Waals surface area contributed by atoms with Gasteiger partial charge in [-0.15, -0.1) is 19.4 Å². The molecule has 0 amide bonds. The molecule has 2 N–H and O–H groups in total. The van der Waals surface area contributed by atoms with Crippen molar-refractivity contribution in [3.8, 4) is 24.7 Å². The van der Waals surface area contributed by atoms with Crippen molar-refractivity contribution in [1.29, 1.82) is 0 Å². The molecule has 0 heterocycles.